The Labute approximate surface area is 520 Å². The molecule has 4 aromatic rings. The number of thioether (sulfide) groups is 1. The molecule has 0 fully saturated rings. The van der Waals surface area contributed by atoms with Gasteiger partial charge in [0.15, 0.2) is 0 Å². The van der Waals surface area contributed by atoms with Crippen LogP contribution in [-0.4, -0.2) is 151 Å². The van der Waals surface area contributed by atoms with Crippen molar-refractivity contribution in [3.8, 4) is 5.75 Å². The van der Waals surface area contributed by atoms with Crippen molar-refractivity contribution < 1.29 is 83.0 Å². The van der Waals surface area contributed by atoms with E-state index in [1.54, 1.807) is 20.8 Å². The van der Waals surface area contributed by atoms with Crippen LogP contribution in [0.25, 0.3) is 0 Å². The number of carbonyl (C=O) groups is 11. The van der Waals surface area contributed by atoms with E-state index in [2.05, 4.69) is 37.2 Å². The molecule has 0 bridgehead atoms. The monoisotopic (exact) mass is 1250 g/mol. The van der Waals surface area contributed by atoms with Crippen LogP contribution in [0.5, 0.6) is 5.75 Å². The fourth-order valence-corrected chi connectivity index (χ4v) is 10.8. The van der Waals surface area contributed by atoms with Gasteiger partial charge in [0, 0.05) is 38.0 Å². The highest BCUT2D eigenvalue weighted by atomic mass is 32.2. The molecular formula is C63H82N8O17S. The fraction of sp³-hybridized carbons (Fsp3) is 0.444. The van der Waals surface area contributed by atoms with E-state index in [1.165, 1.54) is 36.0 Å². The Balaban J connectivity index is 1.71. The maximum Gasteiger partial charge on any atom is 0.407 e. The normalized spacial score (nSPS) is 13.7. The van der Waals surface area contributed by atoms with Gasteiger partial charge in [0.2, 0.25) is 35.4 Å². The molecule has 0 aromatic heterocycles. The number of unbranched alkanes of at least 4 members (excludes halogenated alkanes) is 2. The van der Waals surface area contributed by atoms with E-state index in [-0.39, 0.29) is 50.2 Å². The summed E-state index contributed by atoms with van der Waals surface area (Å²) in [6.07, 6.45) is -3.48. The zero-order chi connectivity index (χ0) is 65.7. The molecule has 0 heterocycles. The largest absolute Gasteiger partial charge is 0.508 e. The van der Waals surface area contributed by atoms with Crippen molar-refractivity contribution in [1.82, 2.24) is 37.2 Å². The SMILES string of the molecule is CCCC[C@H](N)C(=O)N[C@@H](CCC(=O)O)C(=O)N[C@@H](CCC(=O)O)C(=O)N[C@@H](CCC(=O)O)C(=O)N[C@@H](CCCCNC(=O)OC(C)(C)C)C(=O)N[C@@H](Cc1ccc(O)cc1)C(=O)N[C@@H](CSC(c1ccccc1)(c1ccccc1)c1ccccc1)C(=O)O. The quantitative estimate of drug-likeness (QED) is 0.0218. The van der Waals surface area contributed by atoms with Gasteiger partial charge < -0.3 is 73.2 Å². The van der Waals surface area contributed by atoms with E-state index in [4.69, 9.17) is 10.5 Å². The van der Waals surface area contributed by atoms with Crippen LogP contribution in [0, 0.1) is 0 Å². The first kappa shape index (κ1) is 72.4. The first-order valence-corrected chi connectivity index (χ1v) is 30.2. The molecule has 26 heteroatoms. The van der Waals surface area contributed by atoms with Crippen molar-refractivity contribution in [2.75, 3.05) is 12.3 Å². The Bertz CT molecular complexity index is 2910. The molecular weight excluding hydrogens is 1170 g/mol. The predicted molar refractivity (Wildman–Crippen MR) is 329 cm³/mol. The summed E-state index contributed by atoms with van der Waals surface area (Å²) in [4.78, 5) is 146. The lowest BCUT2D eigenvalue weighted by molar-refractivity contribution is -0.142. The minimum atomic E-state index is -1.83. The van der Waals surface area contributed by atoms with Gasteiger partial charge in [-0.1, -0.05) is 123 Å². The maximum atomic E-state index is 14.8. The Kier molecular flexibility index (Phi) is 29.6. The maximum absolute atomic E-state index is 14.8. The minimum Gasteiger partial charge on any atom is -0.508 e. The average molecular weight is 1260 g/mol. The lowest BCUT2D eigenvalue weighted by Crippen LogP contribution is -2.60. The van der Waals surface area contributed by atoms with E-state index >= 15 is 0 Å². The third-order valence-corrected chi connectivity index (χ3v) is 15.5. The Hall–Kier alpha value is -9.04. The van der Waals surface area contributed by atoms with Gasteiger partial charge in [-0.05, 0) is 100 Å². The number of amides is 7. The van der Waals surface area contributed by atoms with Crippen LogP contribution < -0.4 is 43.0 Å². The molecule has 0 aliphatic heterocycles. The number of ether oxygens (including phenoxy) is 1. The fourth-order valence-electron chi connectivity index (χ4n) is 9.28. The Morgan fingerprint density at radius 1 is 0.483 bits per heavy atom. The van der Waals surface area contributed by atoms with Gasteiger partial charge in [-0.3, -0.25) is 43.2 Å². The molecule has 0 radical (unpaired) electrons. The van der Waals surface area contributed by atoms with Crippen LogP contribution in [0.1, 0.15) is 127 Å². The number of carboxylic acids is 4. The van der Waals surface area contributed by atoms with Crippen molar-refractivity contribution in [3.63, 3.8) is 0 Å². The van der Waals surface area contributed by atoms with Crippen LogP contribution in [0.4, 0.5) is 4.79 Å². The van der Waals surface area contributed by atoms with Crippen LogP contribution in [0.2, 0.25) is 0 Å². The van der Waals surface area contributed by atoms with Crippen molar-refractivity contribution >= 4 is 77.2 Å². The number of carbonyl (C=O) groups excluding carboxylic acids is 7. The summed E-state index contributed by atoms with van der Waals surface area (Å²) < 4.78 is 4.29. The molecule has 0 aliphatic rings. The molecule has 0 aliphatic carbocycles. The second kappa shape index (κ2) is 36.3. The van der Waals surface area contributed by atoms with E-state index in [9.17, 15) is 78.3 Å². The summed E-state index contributed by atoms with van der Waals surface area (Å²) in [6.45, 7) is 6.86. The number of rotatable bonds is 38. The van der Waals surface area contributed by atoms with Gasteiger partial charge in [0.1, 0.15) is 47.6 Å². The number of nitrogens with two attached hydrogens (primary N) is 1. The van der Waals surface area contributed by atoms with Crippen LogP contribution in [0.3, 0.4) is 0 Å². The number of nitrogens with one attached hydrogen (secondary N) is 7. The highest BCUT2D eigenvalue weighted by molar-refractivity contribution is 8.00. The summed E-state index contributed by atoms with van der Waals surface area (Å²) in [6, 6.07) is 22.7. The first-order chi connectivity index (χ1) is 42.2. The summed E-state index contributed by atoms with van der Waals surface area (Å²) in [5, 5.41) is 67.2. The van der Waals surface area contributed by atoms with Gasteiger partial charge in [0.05, 0.1) is 10.8 Å². The smallest absolute Gasteiger partial charge is 0.407 e. The lowest BCUT2D eigenvalue weighted by Gasteiger charge is -2.36. The lowest BCUT2D eigenvalue weighted by atomic mass is 9.84. The number of benzene rings is 4. The number of phenols is 1. The van der Waals surface area contributed by atoms with Gasteiger partial charge in [-0.2, -0.15) is 0 Å². The van der Waals surface area contributed by atoms with Crippen LogP contribution >= 0.6 is 11.8 Å². The molecule has 7 amide bonds. The predicted octanol–water partition coefficient (Wildman–Crippen LogP) is 4.46. The third kappa shape index (κ3) is 24.9. The van der Waals surface area contributed by atoms with Crippen LogP contribution in [-0.2, 0) is 63.9 Å². The number of hydrogen-bond acceptors (Lipinski definition) is 15. The van der Waals surface area contributed by atoms with Gasteiger partial charge in [-0.25, -0.2) is 9.59 Å². The molecule has 0 spiro atoms. The van der Waals surface area contributed by atoms with Gasteiger partial charge >= 0.3 is 30.0 Å². The number of carboxylic acid groups (broad SMARTS) is 4. The van der Waals surface area contributed by atoms with Crippen molar-refractivity contribution in [2.24, 2.45) is 5.73 Å². The molecule has 4 rings (SSSR count). The third-order valence-electron chi connectivity index (χ3n) is 13.9. The zero-order valence-corrected chi connectivity index (χ0v) is 51.1. The van der Waals surface area contributed by atoms with Crippen LogP contribution in [0.15, 0.2) is 115 Å². The van der Waals surface area contributed by atoms with Gasteiger partial charge in [0.25, 0.3) is 0 Å². The zero-order valence-electron chi connectivity index (χ0n) is 50.2. The molecule has 25 nitrogen and oxygen atoms in total. The standard InChI is InChI=1S/C63H82N8O17S/c1-5-6-24-44(64)54(79)66-46(30-33-51(73)74)56(81)68-48(32-35-53(77)78)58(83)69-47(31-34-52(75)76)57(82)67-45(25-16-17-36-65-61(87)88-62(2,3)4)55(80)70-49(37-39-26-28-43(72)29-27-39)59(84)71-50(60(85)86)38-89-63(40-18-10-7-11-19-40,41-20-12-8-13-21-41)42-22-14-9-15-23-42/h7-15,18-23,26-29,44-50,72H,5-6,16-17,24-25,30-38,64H2,1-4H3,(H,65,87)(H,66,79)(H,67,82)(H,68,81)(H,69,83)(H,70,80)(H,71,84)(H,73,74)(H,75,76)(H,77,78)(H,85,86)/t44-,45-,46-,47-,48-,49-,50-/m0/s1. The highest BCUT2D eigenvalue weighted by Crippen LogP contribution is 2.48. The number of phenolic OH excluding ortho intramolecular Hbond substituents is 1. The molecule has 0 saturated heterocycles. The Morgan fingerprint density at radius 3 is 1.26 bits per heavy atom. The minimum absolute atomic E-state index is 0.0189. The summed E-state index contributed by atoms with van der Waals surface area (Å²) in [5.41, 5.74) is 7.98. The molecule has 4 aromatic carbocycles. The van der Waals surface area contributed by atoms with E-state index in [0.29, 0.717) is 18.4 Å². The van der Waals surface area contributed by atoms with Crippen molar-refractivity contribution in [2.45, 2.75) is 164 Å². The molecule has 7 atom stereocenters. The second-order valence-electron chi connectivity index (χ2n) is 22.1. The number of aromatic hydroxyl groups is 1. The second-order valence-corrected chi connectivity index (χ2v) is 23.4. The van der Waals surface area contributed by atoms with Gasteiger partial charge in [-0.15, -0.1) is 11.8 Å². The summed E-state index contributed by atoms with van der Waals surface area (Å²) >= 11 is 1.25. The number of aliphatic carboxylic acids is 4. The van der Waals surface area contributed by atoms with Crippen molar-refractivity contribution in [1.29, 1.82) is 0 Å². The van der Waals surface area contributed by atoms with Crippen molar-refractivity contribution in [3.05, 3.63) is 138 Å². The summed E-state index contributed by atoms with van der Waals surface area (Å²) in [5.74, 6) is -12.3. The molecule has 482 valence electrons. The number of hydrogen-bond donors (Lipinski definition) is 13. The first-order valence-electron chi connectivity index (χ1n) is 29.2. The van der Waals surface area contributed by atoms with E-state index < -0.39 is 157 Å². The van der Waals surface area contributed by atoms with E-state index in [1.807, 2.05) is 97.9 Å². The average Bonchev–Trinajstić information content (AvgIpc) is 1.80. The number of alkyl carbamates (subject to hydrolysis) is 1. The summed E-state index contributed by atoms with van der Waals surface area (Å²) in [7, 11) is 0. The molecule has 89 heavy (non-hydrogen) atoms. The highest BCUT2D eigenvalue weighted by Gasteiger charge is 2.40. The molecule has 0 saturated carbocycles. The molecule has 14 N–H and O–H groups in total. The molecule has 0 unspecified atom stereocenters. The Morgan fingerprint density at radius 2 is 0.865 bits per heavy atom. The van der Waals surface area contributed by atoms with E-state index in [0.717, 1.165) is 16.7 Å². The topological polar surface area (TPSA) is 408 Å².